The largest absolute Gasteiger partial charge is 0.383 e. The molecule has 0 saturated heterocycles. The lowest BCUT2D eigenvalue weighted by Gasteiger charge is -2.20. The highest BCUT2D eigenvalue weighted by atomic mass is 35.7. The van der Waals surface area contributed by atoms with E-state index >= 15 is 0 Å². The van der Waals surface area contributed by atoms with Gasteiger partial charge in [-0.3, -0.25) is 4.79 Å². The first-order valence-corrected chi connectivity index (χ1v) is 8.01. The van der Waals surface area contributed by atoms with Crippen LogP contribution in [0.15, 0.2) is 17.2 Å². The summed E-state index contributed by atoms with van der Waals surface area (Å²) >= 11 is 0. The quantitative estimate of drug-likeness (QED) is 0.737. The summed E-state index contributed by atoms with van der Waals surface area (Å²) < 4.78 is 28.9. The Morgan fingerprint density at radius 2 is 2.16 bits per heavy atom. The molecule has 0 fully saturated rings. The first-order valence-electron chi connectivity index (χ1n) is 5.70. The molecule has 1 rings (SSSR count). The Morgan fingerprint density at radius 3 is 2.58 bits per heavy atom. The zero-order chi connectivity index (χ0) is 14.6. The number of amides is 1. The predicted molar refractivity (Wildman–Crippen MR) is 71.9 cm³/mol. The van der Waals surface area contributed by atoms with Crippen molar-refractivity contribution in [2.45, 2.75) is 11.8 Å². The van der Waals surface area contributed by atoms with Crippen LogP contribution in [-0.4, -0.2) is 50.6 Å². The Kier molecular flexibility index (Phi) is 5.39. The van der Waals surface area contributed by atoms with Crippen LogP contribution >= 0.6 is 10.7 Å². The molecule has 0 unspecified atom stereocenters. The van der Waals surface area contributed by atoms with E-state index in [9.17, 15) is 13.2 Å². The van der Waals surface area contributed by atoms with Gasteiger partial charge in [-0.25, -0.2) is 8.42 Å². The Hall–Kier alpha value is -1.05. The van der Waals surface area contributed by atoms with E-state index in [1.165, 1.54) is 16.8 Å². The zero-order valence-corrected chi connectivity index (χ0v) is 12.7. The number of hydrogen-bond donors (Lipinski definition) is 0. The second-order valence-corrected chi connectivity index (χ2v) is 6.55. The number of rotatable bonds is 6. The molecule has 0 spiro atoms. The molecule has 1 aromatic heterocycles. The summed E-state index contributed by atoms with van der Waals surface area (Å²) in [7, 11) is 4.58. The molecule has 0 aliphatic rings. The van der Waals surface area contributed by atoms with E-state index in [1.54, 1.807) is 19.1 Å². The maximum atomic E-state index is 12.3. The van der Waals surface area contributed by atoms with Gasteiger partial charge in [0.05, 0.1) is 6.61 Å². The van der Waals surface area contributed by atoms with Gasteiger partial charge in [0.25, 0.3) is 15.0 Å². The first-order chi connectivity index (χ1) is 8.81. The van der Waals surface area contributed by atoms with Crippen molar-refractivity contribution >= 4 is 25.6 Å². The predicted octanol–water partition coefficient (Wildman–Crippen LogP) is 1.06. The highest BCUT2D eigenvalue weighted by Gasteiger charge is 2.21. The van der Waals surface area contributed by atoms with Gasteiger partial charge in [-0.15, -0.1) is 0 Å². The second kappa shape index (κ2) is 6.40. The summed E-state index contributed by atoms with van der Waals surface area (Å²) in [5, 5.41) is 0. The number of halogens is 1. The van der Waals surface area contributed by atoms with Gasteiger partial charge in [-0.1, -0.05) is 0 Å². The van der Waals surface area contributed by atoms with Crippen molar-refractivity contribution in [2.24, 2.45) is 7.05 Å². The average molecular weight is 309 g/mol. The molecule has 0 atom stereocenters. The third-order valence-electron chi connectivity index (χ3n) is 2.71. The number of nitrogens with zero attached hydrogens (tertiary/aromatic N) is 2. The van der Waals surface area contributed by atoms with Crippen molar-refractivity contribution < 1.29 is 17.9 Å². The minimum atomic E-state index is -3.83. The van der Waals surface area contributed by atoms with E-state index in [1.807, 2.05) is 6.92 Å². The highest BCUT2D eigenvalue weighted by molar-refractivity contribution is 8.13. The Bertz CT molecular complexity index is 553. The van der Waals surface area contributed by atoms with Gasteiger partial charge in [0.1, 0.15) is 10.6 Å². The van der Waals surface area contributed by atoms with Gasteiger partial charge in [-0.05, 0) is 13.0 Å². The molecule has 0 saturated carbocycles. The summed E-state index contributed by atoms with van der Waals surface area (Å²) in [5.74, 6) is -0.256. The molecule has 19 heavy (non-hydrogen) atoms. The van der Waals surface area contributed by atoms with Crippen molar-refractivity contribution in [1.29, 1.82) is 0 Å². The smallest absolute Gasteiger partial charge is 0.270 e. The van der Waals surface area contributed by atoms with Crippen molar-refractivity contribution in [3.05, 3.63) is 18.0 Å². The number of methoxy groups -OCH3 is 1. The van der Waals surface area contributed by atoms with E-state index in [2.05, 4.69) is 0 Å². The number of aryl methyl sites for hydroxylation is 1. The maximum absolute atomic E-state index is 12.3. The minimum absolute atomic E-state index is 0.0807. The van der Waals surface area contributed by atoms with Crippen LogP contribution in [0.25, 0.3) is 0 Å². The van der Waals surface area contributed by atoms with Gasteiger partial charge in [0, 0.05) is 44.1 Å². The molecule has 1 aromatic rings. The lowest BCUT2D eigenvalue weighted by atomic mass is 10.3. The Labute approximate surface area is 117 Å². The molecule has 0 N–H and O–H groups in total. The zero-order valence-electron chi connectivity index (χ0n) is 11.1. The maximum Gasteiger partial charge on any atom is 0.270 e. The van der Waals surface area contributed by atoms with Gasteiger partial charge in [0.2, 0.25) is 0 Å². The fourth-order valence-corrected chi connectivity index (χ4v) is 2.44. The van der Waals surface area contributed by atoms with Crippen LogP contribution in [0.2, 0.25) is 0 Å². The highest BCUT2D eigenvalue weighted by Crippen LogP contribution is 2.18. The van der Waals surface area contributed by atoms with E-state index in [-0.39, 0.29) is 16.5 Å². The molecule has 8 heteroatoms. The van der Waals surface area contributed by atoms with E-state index < -0.39 is 9.05 Å². The summed E-state index contributed by atoms with van der Waals surface area (Å²) in [6, 6.07) is 1.28. The molecule has 0 aliphatic heterocycles. The third-order valence-corrected chi connectivity index (χ3v) is 4.04. The molecule has 1 amide bonds. The Morgan fingerprint density at radius 1 is 1.53 bits per heavy atom. The average Bonchev–Trinajstić information content (AvgIpc) is 2.72. The van der Waals surface area contributed by atoms with E-state index in [0.29, 0.717) is 19.7 Å². The molecule has 1 heterocycles. The van der Waals surface area contributed by atoms with Crippen LogP contribution in [-0.2, 0) is 20.8 Å². The summed E-state index contributed by atoms with van der Waals surface area (Å²) in [4.78, 5) is 13.7. The fourth-order valence-electron chi connectivity index (χ4n) is 1.65. The molecular weight excluding hydrogens is 292 g/mol. The Balaban J connectivity index is 3.02. The van der Waals surface area contributed by atoms with E-state index in [4.69, 9.17) is 15.4 Å². The number of carbonyl (C=O) groups excluding carboxylic acids is 1. The third kappa shape index (κ3) is 3.95. The monoisotopic (exact) mass is 308 g/mol. The van der Waals surface area contributed by atoms with Gasteiger partial charge in [-0.2, -0.15) is 0 Å². The molecule has 0 aliphatic carbocycles. The molecule has 108 valence electrons. The van der Waals surface area contributed by atoms with Gasteiger partial charge < -0.3 is 14.2 Å². The number of hydrogen-bond acceptors (Lipinski definition) is 4. The van der Waals surface area contributed by atoms with Crippen LogP contribution in [0.5, 0.6) is 0 Å². The van der Waals surface area contributed by atoms with Crippen LogP contribution in [0.4, 0.5) is 0 Å². The van der Waals surface area contributed by atoms with Crippen LogP contribution in [0.3, 0.4) is 0 Å². The van der Waals surface area contributed by atoms with Gasteiger partial charge in [0.15, 0.2) is 0 Å². The number of aromatic nitrogens is 1. The van der Waals surface area contributed by atoms with Crippen molar-refractivity contribution in [2.75, 3.05) is 26.8 Å². The van der Waals surface area contributed by atoms with Crippen molar-refractivity contribution in [3.8, 4) is 0 Å². The lowest BCUT2D eigenvalue weighted by molar-refractivity contribution is 0.0697. The summed E-state index contributed by atoms with van der Waals surface area (Å²) in [5.41, 5.74) is 0.275. The summed E-state index contributed by atoms with van der Waals surface area (Å²) in [6.45, 7) is 3.22. The second-order valence-electron chi connectivity index (χ2n) is 3.99. The van der Waals surface area contributed by atoms with E-state index in [0.717, 1.165) is 0 Å². The minimum Gasteiger partial charge on any atom is -0.383 e. The molecule has 0 radical (unpaired) electrons. The summed E-state index contributed by atoms with van der Waals surface area (Å²) in [6.07, 6.45) is 1.32. The molecule has 0 bridgehead atoms. The van der Waals surface area contributed by atoms with Crippen LogP contribution < -0.4 is 0 Å². The number of ether oxygens (including phenoxy) is 1. The topological polar surface area (TPSA) is 68.6 Å². The van der Waals surface area contributed by atoms with Crippen LogP contribution in [0, 0.1) is 0 Å². The molecule has 0 aromatic carbocycles. The molecule has 6 nitrogen and oxygen atoms in total. The first kappa shape index (κ1) is 16.0. The molecular formula is C11H17ClN2O4S. The van der Waals surface area contributed by atoms with Crippen LogP contribution in [0.1, 0.15) is 17.4 Å². The van der Waals surface area contributed by atoms with Crippen molar-refractivity contribution in [1.82, 2.24) is 9.47 Å². The van der Waals surface area contributed by atoms with Gasteiger partial charge >= 0.3 is 0 Å². The normalized spacial score (nSPS) is 11.6. The fraction of sp³-hybridized carbons (Fsp3) is 0.545. The van der Waals surface area contributed by atoms with Crippen molar-refractivity contribution in [3.63, 3.8) is 0 Å². The number of likely N-dealkylation sites (N-methyl/N-ethyl adjacent to an activating group) is 1. The lowest BCUT2D eigenvalue weighted by Crippen LogP contribution is -2.34. The SMILES string of the molecule is CCN(CCOC)C(=O)c1cc(S(=O)(=O)Cl)cn1C. The number of carbonyl (C=O) groups is 1. The standard InChI is InChI=1S/C11H17ClN2O4S/c1-4-14(5-6-18-3)11(15)10-7-9(8-13(10)2)19(12,16)17/h7-8H,4-6H2,1-3H3.